The van der Waals surface area contributed by atoms with Crippen LogP contribution in [0.1, 0.15) is 25.3 Å². The summed E-state index contributed by atoms with van der Waals surface area (Å²) in [5.41, 5.74) is 0.313. The molecule has 0 aliphatic rings. The number of unbranched alkanes of at least 4 members (excludes halogenated alkanes) is 1. The van der Waals surface area contributed by atoms with Gasteiger partial charge in [0.15, 0.2) is 5.16 Å². The SMILES string of the molecule is CCCCOc1ccc(Cl)cc1-c1nc(SC)[nH]c(=O)c1C#N. The van der Waals surface area contributed by atoms with E-state index in [9.17, 15) is 10.1 Å². The molecule has 7 heteroatoms. The molecule has 0 amide bonds. The minimum atomic E-state index is -0.471. The van der Waals surface area contributed by atoms with Crippen molar-refractivity contribution in [3.05, 3.63) is 39.1 Å². The molecular formula is C16H16ClN3O2S. The number of H-pyrrole nitrogens is 1. The van der Waals surface area contributed by atoms with E-state index in [2.05, 4.69) is 16.9 Å². The Labute approximate surface area is 143 Å². The number of thioether (sulfide) groups is 1. The Morgan fingerprint density at radius 3 is 2.91 bits per heavy atom. The van der Waals surface area contributed by atoms with Gasteiger partial charge in [-0.3, -0.25) is 4.79 Å². The number of aromatic nitrogens is 2. The van der Waals surface area contributed by atoms with Crippen molar-refractivity contribution in [1.29, 1.82) is 5.26 Å². The lowest BCUT2D eigenvalue weighted by molar-refractivity contribution is 0.310. The molecule has 0 atom stereocenters. The van der Waals surface area contributed by atoms with E-state index >= 15 is 0 Å². The summed E-state index contributed by atoms with van der Waals surface area (Å²) < 4.78 is 5.77. The predicted octanol–water partition coefficient (Wildman–Crippen LogP) is 3.86. The molecular weight excluding hydrogens is 334 g/mol. The van der Waals surface area contributed by atoms with Crippen molar-refractivity contribution in [2.24, 2.45) is 0 Å². The zero-order valence-electron chi connectivity index (χ0n) is 12.9. The molecule has 0 saturated carbocycles. The molecule has 0 radical (unpaired) electrons. The van der Waals surface area contributed by atoms with Gasteiger partial charge in [0.1, 0.15) is 23.1 Å². The Morgan fingerprint density at radius 1 is 1.48 bits per heavy atom. The van der Waals surface area contributed by atoms with Crippen LogP contribution in [-0.2, 0) is 0 Å². The van der Waals surface area contributed by atoms with Gasteiger partial charge in [-0.05, 0) is 30.9 Å². The Hall–Kier alpha value is -1.97. The van der Waals surface area contributed by atoms with E-state index in [4.69, 9.17) is 16.3 Å². The van der Waals surface area contributed by atoms with Gasteiger partial charge in [0.2, 0.25) is 0 Å². The predicted molar refractivity (Wildman–Crippen MR) is 92.2 cm³/mol. The van der Waals surface area contributed by atoms with Gasteiger partial charge >= 0.3 is 0 Å². The Balaban J connectivity index is 2.61. The summed E-state index contributed by atoms with van der Waals surface area (Å²) in [7, 11) is 0. The van der Waals surface area contributed by atoms with Crippen molar-refractivity contribution in [3.8, 4) is 23.1 Å². The molecule has 1 aromatic heterocycles. The number of aromatic amines is 1. The fourth-order valence-electron chi connectivity index (χ4n) is 1.99. The molecule has 0 aliphatic carbocycles. The molecule has 2 rings (SSSR count). The first-order valence-electron chi connectivity index (χ1n) is 7.11. The van der Waals surface area contributed by atoms with Crippen LogP contribution in [0.15, 0.2) is 28.2 Å². The van der Waals surface area contributed by atoms with Crippen molar-refractivity contribution in [3.63, 3.8) is 0 Å². The van der Waals surface area contributed by atoms with Crippen molar-refractivity contribution in [1.82, 2.24) is 9.97 Å². The van der Waals surface area contributed by atoms with E-state index in [0.29, 0.717) is 28.1 Å². The van der Waals surface area contributed by atoms with Gasteiger partial charge in [0.25, 0.3) is 5.56 Å². The molecule has 0 aliphatic heterocycles. The van der Waals surface area contributed by atoms with E-state index in [1.54, 1.807) is 24.5 Å². The molecule has 0 fully saturated rings. The van der Waals surface area contributed by atoms with Crippen LogP contribution in [0.5, 0.6) is 5.75 Å². The van der Waals surface area contributed by atoms with E-state index < -0.39 is 5.56 Å². The lowest BCUT2D eigenvalue weighted by Gasteiger charge is -2.12. The number of rotatable bonds is 6. The van der Waals surface area contributed by atoms with Crippen LogP contribution >= 0.6 is 23.4 Å². The Kier molecular flexibility index (Phi) is 6.08. The van der Waals surface area contributed by atoms with Crippen molar-refractivity contribution in [2.45, 2.75) is 24.9 Å². The molecule has 2 aromatic rings. The third-order valence-electron chi connectivity index (χ3n) is 3.16. The van der Waals surface area contributed by atoms with Crippen LogP contribution in [0.2, 0.25) is 5.02 Å². The monoisotopic (exact) mass is 349 g/mol. The molecule has 5 nitrogen and oxygen atoms in total. The number of nitrogens with zero attached hydrogens (tertiary/aromatic N) is 2. The fourth-order valence-corrected chi connectivity index (χ4v) is 2.54. The minimum Gasteiger partial charge on any atom is -0.493 e. The fraction of sp³-hybridized carbons (Fsp3) is 0.312. The molecule has 1 N–H and O–H groups in total. The second kappa shape index (κ2) is 8.04. The van der Waals surface area contributed by atoms with E-state index in [0.717, 1.165) is 12.8 Å². The summed E-state index contributed by atoms with van der Waals surface area (Å²) in [6.07, 6.45) is 3.71. The molecule has 120 valence electrons. The van der Waals surface area contributed by atoms with Crippen LogP contribution in [0.4, 0.5) is 0 Å². The molecule has 0 saturated heterocycles. The van der Waals surface area contributed by atoms with Gasteiger partial charge in [0.05, 0.1) is 6.61 Å². The maximum atomic E-state index is 12.1. The van der Waals surface area contributed by atoms with E-state index in [1.165, 1.54) is 11.8 Å². The highest BCUT2D eigenvalue weighted by molar-refractivity contribution is 7.98. The van der Waals surface area contributed by atoms with Crippen LogP contribution in [0, 0.1) is 11.3 Å². The summed E-state index contributed by atoms with van der Waals surface area (Å²) in [5.74, 6) is 0.560. The third kappa shape index (κ3) is 4.06. The number of nitriles is 1. The number of hydrogen-bond acceptors (Lipinski definition) is 5. The number of nitrogens with one attached hydrogen (secondary N) is 1. The summed E-state index contributed by atoms with van der Waals surface area (Å²) in [4.78, 5) is 19.0. The zero-order chi connectivity index (χ0) is 16.8. The first kappa shape index (κ1) is 17.4. The lowest BCUT2D eigenvalue weighted by atomic mass is 10.1. The minimum absolute atomic E-state index is 0.0505. The van der Waals surface area contributed by atoms with Gasteiger partial charge in [0, 0.05) is 10.6 Å². The van der Waals surface area contributed by atoms with Crippen LogP contribution in [0.3, 0.4) is 0 Å². The Bertz CT molecular complexity index is 799. The number of hydrogen-bond donors (Lipinski definition) is 1. The van der Waals surface area contributed by atoms with Gasteiger partial charge in [-0.1, -0.05) is 36.7 Å². The van der Waals surface area contributed by atoms with Gasteiger partial charge in [-0.25, -0.2) is 4.98 Å². The van der Waals surface area contributed by atoms with E-state index in [-0.39, 0.29) is 11.3 Å². The number of ether oxygens (including phenoxy) is 1. The summed E-state index contributed by atoms with van der Waals surface area (Å²) in [6.45, 7) is 2.62. The Morgan fingerprint density at radius 2 is 2.26 bits per heavy atom. The van der Waals surface area contributed by atoms with E-state index in [1.807, 2.05) is 6.07 Å². The molecule has 1 aromatic carbocycles. The molecule has 0 bridgehead atoms. The van der Waals surface area contributed by atoms with Gasteiger partial charge in [-0.15, -0.1) is 0 Å². The standard InChI is InChI=1S/C16H16ClN3O2S/c1-3-4-7-22-13-6-5-10(17)8-11(13)14-12(9-18)15(21)20-16(19-14)23-2/h5-6,8H,3-4,7H2,1-2H3,(H,19,20,21). The topological polar surface area (TPSA) is 78.8 Å². The average Bonchev–Trinajstić information content (AvgIpc) is 2.55. The van der Waals surface area contributed by atoms with Gasteiger partial charge in [-0.2, -0.15) is 5.26 Å². The summed E-state index contributed by atoms with van der Waals surface area (Å²) >= 11 is 7.37. The molecule has 0 unspecified atom stereocenters. The second-order valence-electron chi connectivity index (χ2n) is 4.75. The highest BCUT2D eigenvalue weighted by atomic mass is 35.5. The summed E-state index contributed by atoms with van der Waals surface area (Å²) in [5, 5.41) is 10.2. The second-order valence-corrected chi connectivity index (χ2v) is 5.98. The molecule has 1 heterocycles. The van der Waals surface area contributed by atoms with Crippen LogP contribution < -0.4 is 10.3 Å². The highest BCUT2D eigenvalue weighted by Crippen LogP contribution is 2.33. The maximum absolute atomic E-state index is 12.1. The largest absolute Gasteiger partial charge is 0.493 e. The lowest BCUT2D eigenvalue weighted by Crippen LogP contribution is -2.15. The van der Waals surface area contributed by atoms with Crippen molar-refractivity contribution in [2.75, 3.05) is 12.9 Å². The third-order valence-corrected chi connectivity index (χ3v) is 3.97. The summed E-state index contributed by atoms with van der Waals surface area (Å²) in [6, 6.07) is 7.02. The molecule has 0 spiro atoms. The zero-order valence-corrected chi connectivity index (χ0v) is 14.4. The maximum Gasteiger partial charge on any atom is 0.270 e. The molecule has 23 heavy (non-hydrogen) atoms. The highest BCUT2D eigenvalue weighted by Gasteiger charge is 2.17. The van der Waals surface area contributed by atoms with Crippen molar-refractivity contribution >= 4 is 23.4 Å². The average molecular weight is 350 g/mol. The first-order valence-corrected chi connectivity index (χ1v) is 8.72. The quantitative estimate of drug-likeness (QED) is 0.486. The van der Waals surface area contributed by atoms with Crippen LogP contribution in [0.25, 0.3) is 11.3 Å². The smallest absolute Gasteiger partial charge is 0.270 e. The number of halogens is 1. The first-order chi connectivity index (χ1) is 11.1. The van der Waals surface area contributed by atoms with Gasteiger partial charge < -0.3 is 9.72 Å². The number of benzene rings is 1. The van der Waals surface area contributed by atoms with Crippen molar-refractivity contribution < 1.29 is 4.74 Å². The normalized spacial score (nSPS) is 10.3. The van der Waals surface area contributed by atoms with Crippen LogP contribution in [-0.4, -0.2) is 22.8 Å².